The highest BCUT2D eigenvalue weighted by Gasteiger charge is 2.34. The topological polar surface area (TPSA) is 58.6 Å². The predicted octanol–water partition coefficient (Wildman–Crippen LogP) is 2.25. The summed E-state index contributed by atoms with van der Waals surface area (Å²) in [5, 5.41) is 2.86. The van der Waals surface area contributed by atoms with Crippen molar-refractivity contribution in [1.82, 2.24) is 10.2 Å². The standard InChI is InChI=1S/C20H22N2O3/c1-14-4-3-5-16(12-14)19-20(24)21-10-11-22(19)18(23)13-15-6-8-17(25-2)9-7-15/h3-9,12,19H,10-11,13H2,1-2H3,(H,21,24). The number of hydrogen-bond donors (Lipinski definition) is 1. The number of amides is 2. The van der Waals surface area contributed by atoms with Gasteiger partial charge < -0.3 is 15.0 Å². The second kappa shape index (κ2) is 7.38. The van der Waals surface area contributed by atoms with E-state index in [2.05, 4.69) is 5.32 Å². The van der Waals surface area contributed by atoms with Gasteiger partial charge in [0, 0.05) is 13.1 Å². The number of nitrogens with zero attached hydrogens (tertiary/aromatic N) is 1. The second-order valence-corrected chi connectivity index (χ2v) is 6.22. The molecule has 25 heavy (non-hydrogen) atoms. The Morgan fingerprint density at radius 3 is 2.68 bits per heavy atom. The highest BCUT2D eigenvalue weighted by molar-refractivity contribution is 5.90. The molecular formula is C20H22N2O3. The Kier molecular flexibility index (Phi) is 5.03. The number of hydrogen-bond acceptors (Lipinski definition) is 3. The van der Waals surface area contributed by atoms with Gasteiger partial charge in [0.2, 0.25) is 11.8 Å². The maximum Gasteiger partial charge on any atom is 0.247 e. The van der Waals surface area contributed by atoms with E-state index in [0.717, 1.165) is 22.4 Å². The van der Waals surface area contributed by atoms with Gasteiger partial charge >= 0.3 is 0 Å². The van der Waals surface area contributed by atoms with Crippen molar-refractivity contribution in [2.24, 2.45) is 0 Å². The number of aryl methyl sites for hydroxylation is 1. The number of piperazine rings is 1. The van der Waals surface area contributed by atoms with Crippen LogP contribution in [0.3, 0.4) is 0 Å². The molecule has 1 atom stereocenters. The average molecular weight is 338 g/mol. The first kappa shape index (κ1) is 17.0. The number of carbonyl (C=O) groups excluding carboxylic acids is 2. The highest BCUT2D eigenvalue weighted by atomic mass is 16.5. The molecule has 1 aliphatic heterocycles. The zero-order valence-corrected chi connectivity index (χ0v) is 14.5. The number of ether oxygens (including phenoxy) is 1. The quantitative estimate of drug-likeness (QED) is 0.930. The Morgan fingerprint density at radius 1 is 1.24 bits per heavy atom. The molecule has 1 unspecified atom stereocenters. The van der Waals surface area contributed by atoms with Crippen LogP contribution < -0.4 is 10.1 Å². The van der Waals surface area contributed by atoms with Gasteiger partial charge in [-0.05, 0) is 30.2 Å². The molecule has 1 aliphatic rings. The van der Waals surface area contributed by atoms with Crippen molar-refractivity contribution in [3.05, 3.63) is 65.2 Å². The molecule has 1 N–H and O–H groups in total. The summed E-state index contributed by atoms with van der Waals surface area (Å²) < 4.78 is 5.14. The molecule has 5 heteroatoms. The average Bonchev–Trinajstić information content (AvgIpc) is 2.62. The minimum Gasteiger partial charge on any atom is -0.497 e. The number of carbonyl (C=O) groups is 2. The zero-order chi connectivity index (χ0) is 17.8. The molecule has 2 amide bonds. The SMILES string of the molecule is COc1ccc(CC(=O)N2CCNC(=O)C2c2cccc(C)c2)cc1. The Labute approximate surface area is 147 Å². The lowest BCUT2D eigenvalue weighted by Crippen LogP contribution is -2.52. The number of methoxy groups -OCH3 is 1. The summed E-state index contributed by atoms with van der Waals surface area (Å²) in [6.07, 6.45) is 0.263. The van der Waals surface area contributed by atoms with E-state index in [1.54, 1.807) is 12.0 Å². The van der Waals surface area contributed by atoms with E-state index in [-0.39, 0.29) is 18.2 Å². The lowest BCUT2D eigenvalue weighted by molar-refractivity contribution is -0.143. The predicted molar refractivity (Wildman–Crippen MR) is 95.3 cm³/mol. The molecule has 0 radical (unpaired) electrons. The molecule has 1 fully saturated rings. The van der Waals surface area contributed by atoms with Gasteiger partial charge in [0.1, 0.15) is 11.8 Å². The van der Waals surface area contributed by atoms with Crippen LogP contribution in [0.1, 0.15) is 22.7 Å². The number of benzene rings is 2. The third-order valence-electron chi connectivity index (χ3n) is 4.40. The summed E-state index contributed by atoms with van der Waals surface area (Å²) in [6, 6.07) is 14.6. The van der Waals surface area contributed by atoms with Gasteiger partial charge in [-0.25, -0.2) is 0 Å². The summed E-state index contributed by atoms with van der Waals surface area (Å²) in [7, 11) is 1.61. The van der Waals surface area contributed by atoms with Crippen LogP contribution in [0.2, 0.25) is 0 Å². The smallest absolute Gasteiger partial charge is 0.247 e. The third kappa shape index (κ3) is 3.82. The lowest BCUT2D eigenvalue weighted by Gasteiger charge is -2.35. The first-order valence-corrected chi connectivity index (χ1v) is 8.35. The zero-order valence-electron chi connectivity index (χ0n) is 14.5. The van der Waals surface area contributed by atoms with E-state index in [1.165, 1.54) is 0 Å². The van der Waals surface area contributed by atoms with Gasteiger partial charge in [0.25, 0.3) is 0 Å². The molecule has 3 rings (SSSR count). The van der Waals surface area contributed by atoms with Crippen LogP contribution in [-0.4, -0.2) is 36.9 Å². The normalized spacial score (nSPS) is 17.1. The van der Waals surface area contributed by atoms with E-state index in [0.29, 0.717) is 13.1 Å². The van der Waals surface area contributed by atoms with E-state index in [1.807, 2.05) is 55.5 Å². The largest absolute Gasteiger partial charge is 0.497 e. The molecule has 0 bridgehead atoms. The first-order chi connectivity index (χ1) is 12.1. The molecule has 1 saturated heterocycles. The maximum absolute atomic E-state index is 12.9. The molecule has 5 nitrogen and oxygen atoms in total. The molecule has 2 aromatic carbocycles. The van der Waals surface area contributed by atoms with Crippen molar-refractivity contribution >= 4 is 11.8 Å². The molecule has 0 aromatic heterocycles. The first-order valence-electron chi connectivity index (χ1n) is 8.35. The molecule has 2 aromatic rings. The Bertz CT molecular complexity index is 771. The van der Waals surface area contributed by atoms with Crippen molar-refractivity contribution in [3.63, 3.8) is 0 Å². The monoisotopic (exact) mass is 338 g/mol. The Balaban J connectivity index is 1.81. The van der Waals surface area contributed by atoms with E-state index in [9.17, 15) is 9.59 Å². The fourth-order valence-electron chi connectivity index (χ4n) is 3.13. The van der Waals surface area contributed by atoms with Gasteiger partial charge in [-0.3, -0.25) is 9.59 Å². The van der Waals surface area contributed by atoms with E-state index in [4.69, 9.17) is 4.74 Å². The van der Waals surface area contributed by atoms with Crippen molar-refractivity contribution in [2.75, 3.05) is 20.2 Å². The van der Waals surface area contributed by atoms with Crippen LogP contribution in [-0.2, 0) is 16.0 Å². The van der Waals surface area contributed by atoms with Crippen molar-refractivity contribution in [3.8, 4) is 5.75 Å². The van der Waals surface area contributed by atoms with Crippen LogP contribution in [0, 0.1) is 6.92 Å². The molecule has 0 spiro atoms. The Hall–Kier alpha value is -2.82. The summed E-state index contributed by atoms with van der Waals surface area (Å²) >= 11 is 0. The summed E-state index contributed by atoms with van der Waals surface area (Å²) in [5.41, 5.74) is 2.82. The van der Waals surface area contributed by atoms with Crippen LogP contribution in [0.4, 0.5) is 0 Å². The minimum absolute atomic E-state index is 0.0495. The van der Waals surface area contributed by atoms with Crippen molar-refractivity contribution < 1.29 is 14.3 Å². The molecule has 0 saturated carbocycles. The third-order valence-corrected chi connectivity index (χ3v) is 4.40. The number of rotatable bonds is 4. The summed E-state index contributed by atoms with van der Waals surface area (Å²) in [6.45, 7) is 2.97. The van der Waals surface area contributed by atoms with Gasteiger partial charge in [-0.1, -0.05) is 42.0 Å². The summed E-state index contributed by atoms with van der Waals surface area (Å²) in [5.74, 6) is 0.581. The fraction of sp³-hybridized carbons (Fsp3) is 0.300. The maximum atomic E-state index is 12.9. The van der Waals surface area contributed by atoms with Gasteiger partial charge in [-0.2, -0.15) is 0 Å². The van der Waals surface area contributed by atoms with Crippen LogP contribution >= 0.6 is 0 Å². The molecule has 130 valence electrons. The molecular weight excluding hydrogens is 316 g/mol. The molecule has 0 aliphatic carbocycles. The number of nitrogens with one attached hydrogen (secondary N) is 1. The van der Waals surface area contributed by atoms with Gasteiger partial charge in [0.05, 0.1) is 13.5 Å². The van der Waals surface area contributed by atoms with Gasteiger partial charge in [-0.15, -0.1) is 0 Å². The lowest BCUT2D eigenvalue weighted by atomic mass is 9.99. The summed E-state index contributed by atoms with van der Waals surface area (Å²) in [4.78, 5) is 27.0. The van der Waals surface area contributed by atoms with E-state index < -0.39 is 6.04 Å². The van der Waals surface area contributed by atoms with Crippen LogP contribution in [0.15, 0.2) is 48.5 Å². The Morgan fingerprint density at radius 2 is 2.00 bits per heavy atom. The van der Waals surface area contributed by atoms with Crippen LogP contribution in [0.25, 0.3) is 0 Å². The second-order valence-electron chi connectivity index (χ2n) is 6.22. The van der Waals surface area contributed by atoms with Crippen molar-refractivity contribution in [2.45, 2.75) is 19.4 Å². The fourth-order valence-corrected chi connectivity index (χ4v) is 3.13. The van der Waals surface area contributed by atoms with E-state index >= 15 is 0 Å². The van der Waals surface area contributed by atoms with Crippen molar-refractivity contribution in [1.29, 1.82) is 0 Å². The highest BCUT2D eigenvalue weighted by Crippen LogP contribution is 2.25. The minimum atomic E-state index is -0.570. The van der Waals surface area contributed by atoms with Crippen LogP contribution in [0.5, 0.6) is 5.75 Å². The molecule has 1 heterocycles. The van der Waals surface area contributed by atoms with Gasteiger partial charge in [0.15, 0.2) is 0 Å².